The number of methoxy groups -OCH3 is 1. The molecule has 2 amide bonds. The minimum Gasteiger partial charge on any atom is -0.493 e. The molecule has 4 atom stereocenters. The highest BCUT2D eigenvalue weighted by Gasteiger charge is 2.59. The average molecular weight is 446 g/mol. The molecule has 2 bridgehead atoms. The molecule has 2 aliphatic carbocycles. The van der Waals surface area contributed by atoms with Gasteiger partial charge in [0, 0.05) is 5.56 Å². The van der Waals surface area contributed by atoms with E-state index in [2.05, 4.69) is 5.10 Å². The summed E-state index contributed by atoms with van der Waals surface area (Å²) in [4.78, 5) is 37.0. The van der Waals surface area contributed by atoms with Crippen LogP contribution in [-0.4, -0.2) is 41.2 Å². The molecular formula is C25H22N2O6. The first-order chi connectivity index (χ1) is 16.0. The number of imide groups is 1. The van der Waals surface area contributed by atoms with Crippen LogP contribution in [0.15, 0.2) is 59.7 Å². The van der Waals surface area contributed by atoms with Crippen molar-refractivity contribution in [3.63, 3.8) is 0 Å². The van der Waals surface area contributed by atoms with E-state index < -0.39 is 5.97 Å². The standard InChI is InChI=1S/C25H22N2O6/c1-32-19-7-3-6-18(22(19)33-13-14-4-2-5-17(10-14)25(30)31)12-26-27-23(28)20-15-8-9-16(11-15)21(20)24(27)29/h2-10,12,15-16,20-21H,11,13H2,1H3,(H,30,31)/t15-,16-,20-,21+/m0/s1. The molecule has 8 heteroatoms. The van der Waals surface area contributed by atoms with Crippen LogP contribution in [-0.2, 0) is 16.2 Å². The fourth-order valence-corrected chi connectivity index (χ4v) is 5.02. The van der Waals surface area contributed by atoms with Crippen LogP contribution in [0.2, 0.25) is 0 Å². The number of hydrogen-bond acceptors (Lipinski definition) is 6. The quantitative estimate of drug-likeness (QED) is 0.398. The molecule has 1 saturated heterocycles. The topological polar surface area (TPSA) is 106 Å². The Morgan fingerprint density at radius 3 is 2.48 bits per heavy atom. The molecule has 2 aromatic carbocycles. The lowest BCUT2D eigenvalue weighted by Gasteiger charge is -2.14. The zero-order chi connectivity index (χ0) is 23.1. The SMILES string of the molecule is COc1cccc(C=NN2C(=O)[C@@H]3[C@H](C2=O)[C@H]2C=C[C@H]3C2)c1OCc1cccc(C(=O)O)c1. The lowest BCUT2D eigenvalue weighted by Crippen LogP contribution is -2.28. The monoisotopic (exact) mass is 446 g/mol. The third-order valence-corrected chi connectivity index (χ3v) is 6.55. The Morgan fingerprint density at radius 1 is 1.12 bits per heavy atom. The normalized spacial score (nSPS) is 25.2. The first-order valence-electron chi connectivity index (χ1n) is 10.7. The smallest absolute Gasteiger partial charge is 0.335 e. The summed E-state index contributed by atoms with van der Waals surface area (Å²) in [5.41, 5.74) is 1.37. The van der Waals surface area contributed by atoms with Gasteiger partial charge in [0.05, 0.1) is 30.7 Å². The number of hydrogen-bond donors (Lipinski definition) is 1. The molecule has 5 rings (SSSR count). The lowest BCUT2D eigenvalue weighted by atomic mass is 9.85. The summed E-state index contributed by atoms with van der Waals surface area (Å²) >= 11 is 0. The number of ether oxygens (including phenoxy) is 2. The summed E-state index contributed by atoms with van der Waals surface area (Å²) in [6.45, 7) is 0.100. The molecular weight excluding hydrogens is 424 g/mol. The fourth-order valence-electron chi connectivity index (χ4n) is 5.02. The van der Waals surface area contributed by atoms with E-state index in [4.69, 9.17) is 9.47 Å². The summed E-state index contributed by atoms with van der Waals surface area (Å²) in [6, 6.07) is 11.7. The third kappa shape index (κ3) is 3.57. The van der Waals surface area contributed by atoms with Crippen molar-refractivity contribution in [3.8, 4) is 11.5 Å². The highest BCUT2D eigenvalue weighted by molar-refractivity contribution is 6.07. The van der Waals surface area contributed by atoms with E-state index in [-0.39, 0.29) is 47.7 Å². The number of fused-ring (bicyclic) bond motifs is 5. The van der Waals surface area contributed by atoms with E-state index in [0.717, 1.165) is 11.4 Å². The molecule has 3 aliphatic rings. The molecule has 168 valence electrons. The number of aromatic carboxylic acids is 1. The van der Waals surface area contributed by atoms with Gasteiger partial charge in [-0.3, -0.25) is 9.59 Å². The molecule has 33 heavy (non-hydrogen) atoms. The summed E-state index contributed by atoms with van der Waals surface area (Å²) in [5, 5.41) is 14.4. The van der Waals surface area contributed by atoms with E-state index in [1.54, 1.807) is 30.3 Å². The molecule has 1 heterocycles. The van der Waals surface area contributed by atoms with E-state index in [1.807, 2.05) is 12.2 Å². The van der Waals surface area contributed by atoms with Crippen LogP contribution in [0.25, 0.3) is 0 Å². The number of rotatable bonds is 7. The minimum atomic E-state index is -1.02. The predicted octanol–water partition coefficient (Wildman–Crippen LogP) is 3.11. The molecule has 0 unspecified atom stereocenters. The van der Waals surface area contributed by atoms with Crippen LogP contribution < -0.4 is 9.47 Å². The summed E-state index contributed by atoms with van der Waals surface area (Å²) in [6.07, 6.45) is 6.37. The molecule has 1 N–H and O–H groups in total. The van der Waals surface area contributed by atoms with Crippen molar-refractivity contribution in [2.45, 2.75) is 13.0 Å². The molecule has 2 aromatic rings. The average Bonchev–Trinajstić information content (AvgIpc) is 3.50. The second kappa shape index (κ2) is 8.20. The Morgan fingerprint density at radius 2 is 1.82 bits per heavy atom. The number of carbonyl (C=O) groups excluding carboxylic acids is 2. The van der Waals surface area contributed by atoms with Crippen LogP contribution in [0.4, 0.5) is 0 Å². The largest absolute Gasteiger partial charge is 0.493 e. The van der Waals surface area contributed by atoms with Gasteiger partial charge in [-0.15, -0.1) is 0 Å². The van der Waals surface area contributed by atoms with Crippen LogP contribution in [0.3, 0.4) is 0 Å². The summed E-state index contributed by atoms with van der Waals surface area (Å²) in [5.74, 6) is -1.09. The summed E-state index contributed by atoms with van der Waals surface area (Å²) < 4.78 is 11.4. The maximum Gasteiger partial charge on any atom is 0.335 e. The van der Waals surface area contributed by atoms with E-state index in [0.29, 0.717) is 22.6 Å². The van der Waals surface area contributed by atoms with Crippen molar-refractivity contribution in [1.29, 1.82) is 0 Å². The number of nitrogens with zero attached hydrogens (tertiary/aromatic N) is 2. The molecule has 1 aliphatic heterocycles. The van der Waals surface area contributed by atoms with Gasteiger partial charge in [-0.05, 0) is 48.1 Å². The van der Waals surface area contributed by atoms with Gasteiger partial charge in [0.2, 0.25) is 0 Å². The number of benzene rings is 2. The second-order valence-electron chi connectivity index (χ2n) is 8.41. The summed E-state index contributed by atoms with van der Waals surface area (Å²) in [7, 11) is 1.51. The number of allylic oxidation sites excluding steroid dienone is 2. The number of carboxylic acid groups (broad SMARTS) is 1. The third-order valence-electron chi connectivity index (χ3n) is 6.55. The van der Waals surface area contributed by atoms with Crippen molar-refractivity contribution in [3.05, 3.63) is 71.3 Å². The highest BCUT2D eigenvalue weighted by Crippen LogP contribution is 2.52. The number of carbonyl (C=O) groups is 3. The number of carboxylic acids is 1. The van der Waals surface area contributed by atoms with E-state index >= 15 is 0 Å². The number of amides is 2. The van der Waals surface area contributed by atoms with Crippen LogP contribution in [0.1, 0.15) is 27.9 Å². The van der Waals surface area contributed by atoms with Gasteiger partial charge in [-0.25, -0.2) is 4.79 Å². The Labute approximate surface area is 190 Å². The lowest BCUT2D eigenvalue weighted by molar-refractivity contribution is -0.140. The van der Waals surface area contributed by atoms with Gasteiger partial charge in [-0.1, -0.05) is 30.4 Å². The molecule has 1 saturated carbocycles. The predicted molar refractivity (Wildman–Crippen MR) is 118 cm³/mol. The molecule has 0 spiro atoms. The Hall–Kier alpha value is -3.94. The molecule has 2 fully saturated rings. The minimum absolute atomic E-state index is 0.100. The van der Waals surface area contributed by atoms with Gasteiger partial charge in [0.25, 0.3) is 11.8 Å². The van der Waals surface area contributed by atoms with E-state index in [9.17, 15) is 19.5 Å². The molecule has 0 radical (unpaired) electrons. The van der Waals surface area contributed by atoms with Crippen molar-refractivity contribution < 1.29 is 29.0 Å². The fraction of sp³-hybridized carbons (Fsp3) is 0.280. The zero-order valence-electron chi connectivity index (χ0n) is 17.9. The number of para-hydroxylation sites is 1. The zero-order valence-corrected chi connectivity index (χ0v) is 17.9. The Bertz CT molecular complexity index is 1170. The van der Waals surface area contributed by atoms with Gasteiger partial charge >= 0.3 is 5.97 Å². The highest BCUT2D eigenvalue weighted by atomic mass is 16.5. The van der Waals surface area contributed by atoms with Gasteiger partial charge in [0.1, 0.15) is 6.61 Å². The van der Waals surface area contributed by atoms with Crippen LogP contribution >= 0.6 is 0 Å². The van der Waals surface area contributed by atoms with Crippen molar-refractivity contribution in [1.82, 2.24) is 5.01 Å². The first-order valence-corrected chi connectivity index (χ1v) is 10.7. The van der Waals surface area contributed by atoms with Gasteiger partial charge in [-0.2, -0.15) is 10.1 Å². The van der Waals surface area contributed by atoms with Crippen molar-refractivity contribution in [2.75, 3.05) is 7.11 Å². The number of hydrazone groups is 1. The Kier molecular flexibility index (Phi) is 5.20. The maximum absolute atomic E-state index is 12.9. The van der Waals surface area contributed by atoms with Crippen molar-refractivity contribution in [2.24, 2.45) is 28.8 Å². The van der Waals surface area contributed by atoms with E-state index in [1.165, 1.54) is 25.5 Å². The van der Waals surface area contributed by atoms with Crippen molar-refractivity contribution >= 4 is 24.0 Å². The van der Waals surface area contributed by atoms with Crippen LogP contribution in [0.5, 0.6) is 11.5 Å². The molecule has 8 nitrogen and oxygen atoms in total. The Balaban J connectivity index is 1.38. The maximum atomic E-state index is 12.9. The van der Waals surface area contributed by atoms with Crippen LogP contribution in [0, 0.1) is 23.7 Å². The van der Waals surface area contributed by atoms with Gasteiger partial charge in [0.15, 0.2) is 11.5 Å². The first kappa shape index (κ1) is 20.9. The molecule has 0 aromatic heterocycles. The van der Waals surface area contributed by atoms with Gasteiger partial charge < -0.3 is 14.6 Å². The second-order valence-corrected chi connectivity index (χ2v) is 8.41.